The molecule has 0 spiro atoms. The van der Waals surface area contributed by atoms with Gasteiger partial charge in [0.1, 0.15) is 0 Å². The Kier molecular flexibility index (Phi) is 62.9. The summed E-state index contributed by atoms with van der Waals surface area (Å²) in [7, 11) is 0. The van der Waals surface area contributed by atoms with Gasteiger partial charge in [0.2, 0.25) is 5.91 Å². The number of hydrogen-bond acceptors (Lipinski definition) is 5. The Morgan fingerprint density at radius 3 is 0.919 bits per heavy atom. The fourth-order valence-corrected chi connectivity index (χ4v) is 10.9. The first kappa shape index (κ1) is 72.6. The van der Waals surface area contributed by atoms with E-state index in [0.29, 0.717) is 19.4 Å². The quantitative estimate of drug-likeness (QED) is 0.0320. The number of unbranched alkanes of at least 4 members (excludes halogenated alkanes) is 53. The van der Waals surface area contributed by atoms with Gasteiger partial charge in [-0.3, -0.25) is 9.59 Å². The molecule has 2 atom stereocenters. The largest absolute Gasteiger partial charge is 0.466 e. The number of rotatable bonds is 64. The molecule has 2 unspecified atom stereocenters. The molecule has 0 fully saturated rings. The van der Waals surface area contributed by atoms with Crippen LogP contribution in [0.4, 0.5) is 0 Å². The van der Waals surface area contributed by atoms with Crippen molar-refractivity contribution < 1.29 is 24.5 Å². The second-order valence-corrected chi connectivity index (χ2v) is 23.5. The van der Waals surface area contributed by atoms with Crippen LogP contribution in [0.25, 0.3) is 0 Å². The van der Waals surface area contributed by atoms with Crippen molar-refractivity contribution in [1.29, 1.82) is 0 Å². The van der Waals surface area contributed by atoms with Crippen LogP contribution in [0.5, 0.6) is 0 Å². The first-order valence-electron chi connectivity index (χ1n) is 34.0. The van der Waals surface area contributed by atoms with Crippen LogP contribution < -0.4 is 5.32 Å². The van der Waals surface area contributed by atoms with E-state index in [4.69, 9.17) is 4.74 Å². The SMILES string of the molecule is CCCCCCCCCCCC/C=C/C(O)C(CO)NC(=O)CCCCCCCCCCCCCCCCCCCCCCCCCCCCCCCCOC(=O)CCCCCCCCCCCCCCCCC. The fourth-order valence-electron chi connectivity index (χ4n) is 10.9. The molecule has 0 rings (SSSR count). The van der Waals surface area contributed by atoms with E-state index < -0.39 is 12.1 Å². The monoisotopic (exact) mass is 1040 g/mol. The van der Waals surface area contributed by atoms with Gasteiger partial charge in [-0.2, -0.15) is 0 Å². The third-order valence-corrected chi connectivity index (χ3v) is 16.1. The van der Waals surface area contributed by atoms with Gasteiger partial charge in [0.25, 0.3) is 0 Å². The first-order chi connectivity index (χ1) is 36.5. The molecule has 440 valence electrons. The Morgan fingerprint density at radius 2 is 0.622 bits per heavy atom. The number of carbonyl (C=O) groups is 2. The summed E-state index contributed by atoms with van der Waals surface area (Å²) in [5.74, 6) is -0.0394. The highest BCUT2D eigenvalue weighted by atomic mass is 16.5. The van der Waals surface area contributed by atoms with Crippen LogP contribution in [-0.4, -0.2) is 47.4 Å². The average Bonchev–Trinajstić information content (AvgIpc) is 3.40. The third-order valence-electron chi connectivity index (χ3n) is 16.1. The first-order valence-corrected chi connectivity index (χ1v) is 34.0. The molecule has 0 aliphatic heterocycles. The number of aliphatic hydroxyl groups is 2. The molecule has 6 nitrogen and oxygen atoms in total. The second kappa shape index (κ2) is 64.1. The minimum atomic E-state index is -0.840. The maximum absolute atomic E-state index is 12.4. The van der Waals surface area contributed by atoms with E-state index in [0.717, 1.165) is 38.5 Å². The van der Waals surface area contributed by atoms with Crippen molar-refractivity contribution in [2.75, 3.05) is 13.2 Å². The van der Waals surface area contributed by atoms with Gasteiger partial charge in [0.15, 0.2) is 0 Å². The van der Waals surface area contributed by atoms with Crippen molar-refractivity contribution in [3.8, 4) is 0 Å². The van der Waals surface area contributed by atoms with Gasteiger partial charge < -0.3 is 20.3 Å². The van der Waals surface area contributed by atoms with Crippen LogP contribution in [0.1, 0.15) is 386 Å². The molecule has 1 amide bonds. The summed E-state index contributed by atoms with van der Waals surface area (Å²) in [6, 6.07) is -0.623. The molecule has 0 aromatic carbocycles. The van der Waals surface area contributed by atoms with Gasteiger partial charge in [-0.15, -0.1) is 0 Å². The lowest BCUT2D eigenvalue weighted by molar-refractivity contribution is -0.143. The molecule has 3 N–H and O–H groups in total. The highest BCUT2D eigenvalue weighted by Gasteiger charge is 2.18. The predicted octanol–water partition coefficient (Wildman–Crippen LogP) is 21.6. The zero-order valence-corrected chi connectivity index (χ0v) is 50.4. The number of carbonyl (C=O) groups excluding carboxylic acids is 2. The molecular weight excluding hydrogens is 911 g/mol. The molecule has 0 heterocycles. The number of allylic oxidation sites excluding steroid dienone is 1. The fraction of sp³-hybridized carbons (Fsp3) is 0.941. The van der Waals surface area contributed by atoms with E-state index in [1.165, 1.54) is 321 Å². The highest BCUT2D eigenvalue weighted by Crippen LogP contribution is 2.19. The molecule has 74 heavy (non-hydrogen) atoms. The van der Waals surface area contributed by atoms with E-state index in [1.54, 1.807) is 6.08 Å². The van der Waals surface area contributed by atoms with Gasteiger partial charge in [-0.25, -0.2) is 0 Å². The topological polar surface area (TPSA) is 95.9 Å². The van der Waals surface area contributed by atoms with Crippen LogP contribution in [0.3, 0.4) is 0 Å². The Bertz CT molecular complexity index is 1110. The molecule has 0 aliphatic rings. The Balaban J connectivity index is 3.31. The molecule has 0 saturated heterocycles. The normalized spacial score (nSPS) is 12.5. The zero-order valence-electron chi connectivity index (χ0n) is 50.4. The van der Waals surface area contributed by atoms with Gasteiger partial charge in [-0.05, 0) is 32.1 Å². The smallest absolute Gasteiger partial charge is 0.305 e. The summed E-state index contributed by atoms with van der Waals surface area (Å²) in [4.78, 5) is 24.5. The van der Waals surface area contributed by atoms with Gasteiger partial charge >= 0.3 is 5.97 Å². The molecule has 6 heteroatoms. The van der Waals surface area contributed by atoms with Crippen LogP contribution in [-0.2, 0) is 14.3 Å². The van der Waals surface area contributed by atoms with Crippen molar-refractivity contribution in [1.82, 2.24) is 5.32 Å². The van der Waals surface area contributed by atoms with Crippen LogP contribution in [0.15, 0.2) is 12.2 Å². The van der Waals surface area contributed by atoms with E-state index in [9.17, 15) is 19.8 Å². The molecular formula is C68H133NO5. The van der Waals surface area contributed by atoms with Crippen molar-refractivity contribution in [3.63, 3.8) is 0 Å². The second-order valence-electron chi connectivity index (χ2n) is 23.5. The van der Waals surface area contributed by atoms with Crippen LogP contribution >= 0.6 is 0 Å². The number of amides is 1. The van der Waals surface area contributed by atoms with Gasteiger partial charge in [-0.1, -0.05) is 353 Å². The molecule has 0 saturated carbocycles. The Labute approximate surface area is 463 Å². The zero-order chi connectivity index (χ0) is 53.6. The van der Waals surface area contributed by atoms with Crippen molar-refractivity contribution in [2.24, 2.45) is 0 Å². The van der Waals surface area contributed by atoms with Crippen molar-refractivity contribution >= 4 is 11.9 Å². The van der Waals surface area contributed by atoms with Gasteiger partial charge in [0, 0.05) is 12.8 Å². The van der Waals surface area contributed by atoms with Crippen molar-refractivity contribution in [3.05, 3.63) is 12.2 Å². The number of nitrogens with one attached hydrogen (secondary N) is 1. The summed E-state index contributed by atoms with van der Waals surface area (Å²) < 4.78 is 5.50. The lowest BCUT2D eigenvalue weighted by atomic mass is 10.0. The number of hydrogen-bond donors (Lipinski definition) is 3. The van der Waals surface area contributed by atoms with E-state index in [2.05, 4.69) is 19.2 Å². The standard InChI is InChI=1S/C68H133NO5/c1-3-5-7-9-11-13-15-17-34-38-42-46-50-54-58-62-68(73)74-63-59-55-51-47-43-39-36-33-31-29-27-25-23-21-19-18-20-22-24-26-28-30-32-35-37-41-45-49-53-57-61-67(72)69-65(64-70)66(71)60-56-52-48-44-40-16-14-12-10-8-6-4-2/h56,60,65-66,70-71H,3-55,57-59,61-64H2,1-2H3,(H,69,72)/b60-56+. The predicted molar refractivity (Wildman–Crippen MR) is 324 cm³/mol. The molecule has 0 aliphatic carbocycles. The number of esters is 1. The lowest BCUT2D eigenvalue weighted by Crippen LogP contribution is -2.45. The van der Waals surface area contributed by atoms with E-state index in [-0.39, 0.29) is 18.5 Å². The summed E-state index contributed by atoms with van der Waals surface area (Å²) in [5, 5.41) is 23.1. The minimum absolute atomic E-state index is 0.0234. The highest BCUT2D eigenvalue weighted by molar-refractivity contribution is 5.76. The average molecular weight is 1040 g/mol. The molecule has 0 aromatic rings. The molecule has 0 bridgehead atoms. The van der Waals surface area contributed by atoms with E-state index in [1.807, 2.05) is 6.08 Å². The van der Waals surface area contributed by atoms with Gasteiger partial charge in [0.05, 0.1) is 25.4 Å². The summed E-state index contributed by atoms with van der Waals surface area (Å²) >= 11 is 0. The van der Waals surface area contributed by atoms with Crippen molar-refractivity contribution in [2.45, 2.75) is 398 Å². The lowest BCUT2D eigenvalue weighted by Gasteiger charge is -2.20. The Morgan fingerprint density at radius 1 is 0.365 bits per heavy atom. The van der Waals surface area contributed by atoms with Crippen LogP contribution in [0, 0.1) is 0 Å². The maximum Gasteiger partial charge on any atom is 0.305 e. The maximum atomic E-state index is 12.4. The summed E-state index contributed by atoms with van der Waals surface area (Å²) in [6.07, 6.45) is 78.6. The molecule has 0 aromatic heterocycles. The number of ether oxygens (including phenoxy) is 1. The Hall–Kier alpha value is -1.40. The third kappa shape index (κ3) is 59.8. The minimum Gasteiger partial charge on any atom is -0.466 e. The summed E-state index contributed by atoms with van der Waals surface area (Å²) in [5.41, 5.74) is 0. The molecule has 0 radical (unpaired) electrons. The number of aliphatic hydroxyl groups excluding tert-OH is 2. The summed E-state index contributed by atoms with van der Waals surface area (Å²) in [6.45, 7) is 4.93. The van der Waals surface area contributed by atoms with Crippen LogP contribution in [0.2, 0.25) is 0 Å². The van der Waals surface area contributed by atoms with E-state index >= 15 is 0 Å².